The lowest BCUT2D eigenvalue weighted by atomic mass is 10.0. The average Bonchev–Trinajstić information content (AvgIpc) is 2.62. The Balaban J connectivity index is 2.44. The highest BCUT2D eigenvalue weighted by Gasteiger charge is 2.23. The van der Waals surface area contributed by atoms with E-state index in [9.17, 15) is 14.0 Å². The number of anilines is 2. The minimum absolute atomic E-state index is 0.0241. The van der Waals surface area contributed by atoms with E-state index in [1.807, 2.05) is 19.0 Å². The summed E-state index contributed by atoms with van der Waals surface area (Å²) in [4.78, 5) is 28.8. The first-order valence-electron chi connectivity index (χ1n) is 8.59. The lowest BCUT2D eigenvalue weighted by Gasteiger charge is -2.25. The Labute approximate surface area is 158 Å². The summed E-state index contributed by atoms with van der Waals surface area (Å²) >= 11 is 0. The van der Waals surface area contributed by atoms with Gasteiger partial charge in [-0.05, 0) is 63.0 Å². The normalized spacial score (nSPS) is 11.5. The molecule has 0 unspecified atom stereocenters. The third-order valence-corrected chi connectivity index (χ3v) is 4.06. The topological polar surface area (TPSA) is 66.6 Å². The molecule has 6 heteroatoms. The molecule has 0 aliphatic carbocycles. The summed E-state index contributed by atoms with van der Waals surface area (Å²) < 4.78 is 13.3. The van der Waals surface area contributed by atoms with E-state index < -0.39 is 11.7 Å². The molecule has 1 amide bonds. The van der Waals surface area contributed by atoms with E-state index in [4.69, 9.17) is 5.73 Å². The lowest BCUT2D eigenvalue weighted by molar-refractivity contribution is -0.120. The number of nitrogens with two attached hydrogens (primary N) is 1. The first-order chi connectivity index (χ1) is 12.8. The number of hydrogen-bond acceptors (Lipinski definition) is 4. The molecule has 0 aliphatic rings. The van der Waals surface area contributed by atoms with Crippen LogP contribution in [0.5, 0.6) is 0 Å². The molecular weight excluding hydrogens is 345 g/mol. The number of likely N-dealkylation sites (N-methyl/N-ethyl adjacent to an activating group) is 1. The zero-order chi connectivity index (χ0) is 20.0. The molecular formula is C21H24FN3O2. The standard InChI is InChI=1S/C21H24FN3O2/c1-15(26)19(14-16-6-4-5-7-20(16)23)21(27)25(13-12-24(2)3)18-10-8-17(22)9-11-18/h4-11,14H,12-13,23H2,1-3H3. The zero-order valence-corrected chi connectivity index (χ0v) is 15.8. The summed E-state index contributed by atoms with van der Waals surface area (Å²) in [7, 11) is 3.78. The Morgan fingerprint density at radius 1 is 1.04 bits per heavy atom. The summed E-state index contributed by atoms with van der Waals surface area (Å²) in [6.07, 6.45) is 1.51. The van der Waals surface area contributed by atoms with Gasteiger partial charge in [-0.15, -0.1) is 0 Å². The smallest absolute Gasteiger partial charge is 0.261 e. The molecule has 0 fully saturated rings. The van der Waals surface area contributed by atoms with Crippen molar-refractivity contribution in [1.82, 2.24) is 4.90 Å². The van der Waals surface area contributed by atoms with E-state index >= 15 is 0 Å². The Bertz CT molecular complexity index is 845. The molecule has 0 spiro atoms. The SMILES string of the molecule is CC(=O)C(=Cc1ccccc1N)C(=O)N(CCN(C)C)c1ccc(F)cc1. The van der Waals surface area contributed by atoms with Crippen LogP contribution in [-0.2, 0) is 9.59 Å². The first kappa shape index (κ1) is 20.3. The summed E-state index contributed by atoms with van der Waals surface area (Å²) in [6, 6.07) is 12.6. The van der Waals surface area contributed by atoms with Crippen molar-refractivity contribution in [2.24, 2.45) is 0 Å². The Hall–Kier alpha value is -2.99. The molecule has 2 N–H and O–H groups in total. The fourth-order valence-corrected chi connectivity index (χ4v) is 2.53. The summed E-state index contributed by atoms with van der Waals surface area (Å²) in [5, 5.41) is 0. The van der Waals surface area contributed by atoms with Crippen molar-refractivity contribution < 1.29 is 14.0 Å². The van der Waals surface area contributed by atoms with Crippen molar-refractivity contribution in [2.75, 3.05) is 37.8 Å². The number of para-hydroxylation sites is 1. The van der Waals surface area contributed by atoms with Crippen molar-refractivity contribution in [3.8, 4) is 0 Å². The molecule has 142 valence electrons. The summed E-state index contributed by atoms with van der Waals surface area (Å²) in [5.41, 5.74) is 7.57. The number of carbonyl (C=O) groups excluding carboxylic acids is 2. The van der Waals surface area contributed by atoms with Crippen LogP contribution < -0.4 is 10.6 Å². The number of halogens is 1. The van der Waals surface area contributed by atoms with E-state index in [1.54, 1.807) is 24.3 Å². The molecule has 0 saturated heterocycles. The molecule has 0 aromatic heterocycles. The molecule has 0 atom stereocenters. The van der Waals surface area contributed by atoms with Gasteiger partial charge in [0.1, 0.15) is 5.82 Å². The van der Waals surface area contributed by atoms with Crippen molar-refractivity contribution in [3.05, 3.63) is 65.5 Å². The van der Waals surface area contributed by atoms with Crippen LogP contribution in [0, 0.1) is 5.82 Å². The van der Waals surface area contributed by atoms with Gasteiger partial charge in [0.15, 0.2) is 5.78 Å². The van der Waals surface area contributed by atoms with Gasteiger partial charge >= 0.3 is 0 Å². The third kappa shape index (κ3) is 5.49. The molecule has 2 aromatic rings. The number of nitrogens with zero attached hydrogens (tertiary/aromatic N) is 2. The largest absolute Gasteiger partial charge is 0.398 e. The van der Waals surface area contributed by atoms with Gasteiger partial charge in [0.25, 0.3) is 5.91 Å². The maximum Gasteiger partial charge on any atom is 0.261 e. The number of nitrogen functional groups attached to an aromatic ring is 1. The predicted octanol–water partition coefficient (Wildman–Crippen LogP) is 2.98. The number of rotatable bonds is 7. The second-order valence-corrected chi connectivity index (χ2v) is 6.48. The van der Waals surface area contributed by atoms with Crippen LogP contribution in [0.25, 0.3) is 6.08 Å². The molecule has 0 saturated carbocycles. The third-order valence-electron chi connectivity index (χ3n) is 4.06. The number of carbonyl (C=O) groups is 2. The van der Waals surface area contributed by atoms with Crippen molar-refractivity contribution in [2.45, 2.75) is 6.92 Å². The predicted molar refractivity (Wildman–Crippen MR) is 107 cm³/mol. The molecule has 2 rings (SSSR count). The minimum atomic E-state index is -0.445. The number of amides is 1. The maximum absolute atomic E-state index is 13.3. The van der Waals surface area contributed by atoms with Crippen LogP contribution in [0.1, 0.15) is 12.5 Å². The van der Waals surface area contributed by atoms with Crippen molar-refractivity contribution in [3.63, 3.8) is 0 Å². The van der Waals surface area contributed by atoms with Crippen molar-refractivity contribution >= 4 is 29.1 Å². The highest BCUT2D eigenvalue weighted by molar-refractivity contribution is 6.26. The number of benzene rings is 2. The van der Waals surface area contributed by atoms with Crippen LogP contribution in [0.2, 0.25) is 0 Å². The molecule has 27 heavy (non-hydrogen) atoms. The molecule has 2 aromatic carbocycles. The maximum atomic E-state index is 13.3. The van der Waals surface area contributed by atoms with E-state index in [0.717, 1.165) is 0 Å². The number of hydrogen-bond donors (Lipinski definition) is 1. The van der Waals surface area contributed by atoms with Gasteiger partial charge < -0.3 is 15.5 Å². The lowest BCUT2D eigenvalue weighted by Crippen LogP contribution is -2.38. The quantitative estimate of drug-likeness (QED) is 0.353. The van der Waals surface area contributed by atoms with E-state index in [-0.39, 0.29) is 11.4 Å². The molecule has 0 radical (unpaired) electrons. The van der Waals surface area contributed by atoms with Gasteiger partial charge in [0.2, 0.25) is 0 Å². The van der Waals surface area contributed by atoms with Gasteiger partial charge in [-0.1, -0.05) is 18.2 Å². The Morgan fingerprint density at radius 3 is 2.22 bits per heavy atom. The summed E-state index contributed by atoms with van der Waals surface area (Å²) in [5.74, 6) is -1.20. The fourth-order valence-electron chi connectivity index (χ4n) is 2.53. The minimum Gasteiger partial charge on any atom is -0.398 e. The fraction of sp³-hybridized carbons (Fsp3) is 0.238. The van der Waals surface area contributed by atoms with Gasteiger partial charge in [-0.25, -0.2) is 4.39 Å². The number of Topliss-reactive ketones (excluding diaryl/α,β-unsaturated/α-hetero) is 1. The van der Waals surface area contributed by atoms with Crippen LogP contribution in [0.3, 0.4) is 0 Å². The number of ketones is 1. The monoisotopic (exact) mass is 369 g/mol. The second-order valence-electron chi connectivity index (χ2n) is 6.48. The second kappa shape index (κ2) is 9.09. The highest BCUT2D eigenvalue weighted by atomic mass is 19.1. The molecule has 0 aliphatic heterocycles. The van der Waals surface area contributed by atoms with Crippen LogP contribution >= 0.6 is 0 Å². The van der Waals surface area contributed by atoms with Gasteiger partial charge in [-0.2, -0.15) is 0 Å². The van der Waals surface area contributed by atoms with E-state index in [2.05, 4.69) is 0 Å². The Kier molecular flexibility index (Phi) is 6.85. The average molecular weight is 369 g/mol. The molecule has 0 bridgehead atoms. The summed E-state index contributed by atoms with van der Waals surface area (Å²) in [6.45, 7) is 2.28. The molecule has 5 nitrogen and oxygen atoms in total. The molecule has 0 heterocycles. The van der Waals surface area contributed by atoms with Gasteiger partial charge in [0.05, 0.1) is 5.57 Å². The van der Waals surface area contributed by atoms with E-state index in [1.165, 1.54) is 42.2 Å². The highest BCUT2D eigenvalue weighted by Crippen LogP contribution is 2.21. The van der Waals surface area contributed by atoms with Gasteiger partial charge in [0, 0.05) is 24.5 Å². The van der Waals surface area contributed by atoms with Crippen LogP contribution in [0.4, 0.5) is 15.8 Å². The first-order valence-corrected chi connectivity index (χ1v) is 8.59. The zero-order valence-electron chi connectivity index (χ0n) is 15.8. The van der Waals surface area contributed by atoms with Gasteiger partial charge in [-0.3, -0.25) is 9.59 Å². The van der Waals surface area contributed by atoms with Crippen LogP contribution in [-0.4, -0.2) is 43.8 Å². The van der Waals surface area contributed by atoms with E-state index in [0.29, 0.717) is 30.0 Å². The van der Waals surface area contributed by atoms with Crippen molar-refractivity contribution in [1.29, 1.82) is 0 Å². The Morgan fingerprint density at radius 2 is 1.67 bits per heavy atom. The van der Waals surface area contributed by atoms with Crippen LogP contribution in [0.15, 0.2) is 54.1 Å².